The summed E-state index contributed by atoms with van der Waals surface area (Å²) in [6.45, 7) is 11.5. The van der Waals surface area contributed by atoms with Gasteiger partial charge in [0.1, 0.15) is 0 Å². The van der Waals surface area contributed by atoms with E-state index in [1.807, 2.05) is 6.20 Å². The normalized spacial score (nSPS) is 22.2. The largest absolute Gasteiger partial charge is 0.271 e. The number of nitrogens with two attached hydrogens (primary N) is 1. The van der Waals surface area contributed by atoms with Crippen molar-refractivity contribution in [2.24, 2.45) is 22.6 Å². The lowest BCUT2D eigenvalue weighted by Crippen LogP contribution is -2.40. The van der Waals surface area contributed by atoms with Gasteiger partial charge in [-0.1, -0.05) is 40.7 Å². The summed E-state index contributed by atoms with van der Waals surface area (Å²) < 4.78 is 0. The van der Waals surface area contributed by atoms with Crippen LogP contribution in [0.5, 0.6) is 0 Å². The molecule has 19 heavy (non-hydrogen) atoms. The van der Waals surface area contributed by atoms with E-state index in [1.54, 1.807) is 0 Å². The predicted octanol–water partition coefficient (Wildman–Crippen LogP) is 2.70. The van der Waals surface area contributed by atoms with Crippen molar-refractivity contribution in [2.45, 2.75) is 53.5 Å². The molecule has 1 fully saturated rings. The van der Waals surface area contributed by atoms with Crippen molar-refractivity contribution in [1.29, 1.82) is 0 Å². The van der Waals surface area contributed by atoms with Crippen LogP contribution in [0.4, 0.5) is 0 Å². The van der Waals surface area contributed by atoms with Crippen LogP contribution >= 0.6 is 0 Å². The molecular formula is C16H27N3. The van der Waals surface area contributed by atoms with Crippen molar-refractivity contribution in [3.8, 4) is 0 Å². The number of rotatable bonds is 5. The van der Waals surface area contributed by atoms with Crippen LogP contribution in [0, 0.1) is 16.7 Å². The molecule has 0 spiro atoms. The topological polar surface area (TPSA) is 50.9 Å². The molecule has 0 radical (unpaired) electrons. The summed E-state index contributed by atoms with van der Waals surface area (Å²) in [6, 6.07) is 4.59. The maximum atomic E-state index is 5.78. The molecule has 1 heterocycles. The van der Waals surface area contributed by atoms with Crippen LogP contribution in [0.3, 0.4) is 0 Å². The van der Waals surface area contributed by atoms with Gasteiger partial charge in [-0.15, -0.1) is 0 Å². The lowest BCUT2D eigenvalue weighted by Gasteiger charge is -2.18. The highest BCUT2D eigenvalue weighted by Crippen LogP contribution is 2.69. The van der Waals surface area contributed by atoms with Gasteiger partial charge in [-0.3, -0.25) is 16.3 Å². The first-order valence-corrected chi connectivity index (χ1v) is 7.24. The quantitative estimate of drug-likeness (QED) is 0.633. The van der Waals surface area contributed by atoms with E-state index < -0.39 is 0 Å². The molecule has 0 aliphatic heterocycles. The molecule has 1 aliphatic carbocycles. The fraction of sp³-hybridized carbons (Fsp3) is 0.688. The van der Waals surface area contributed by atoms with Gasteiger partial charge in [0.2, 0.25) is 0 Å². The number of hydrogen-bond acceptors (Lipinski definition) is 3. The first kappa shape index (κ1) is 14.5. The minimum absolute atomic E-state index is 0.296. The molecule has 1 atom stereocenters. The van der Waals surface area contributed by atoms with Crippen molar-refractivity contribution in [1.82, 2.24) is 10.4 Å². The number of hydrogen-bond donors (Lipinski definition) is 2. The van der Waals surface area contributed by atoms with E-state index in [-0.39, 0.29) is 0 Å². The van der Waals surface area contributed by atoms with Crippen LogP contribution in [0.2, 0.25) is 0 Å². The second-order valence-electron chi connectivity index (χ2n) is 6.91. The fourth-order valence-electron chi connectivity index (χ4n) is 3.54. The van der Waals surface area contributed by atoms with E-state index in [0.717, 1.165) is 18.5 Å². The van der Waals surface area contributed by atoms with Crippen LogP contribution in [-0.2, 0) is 12.8 Å². The van der Waals surface area contributed by atoms with Gasteiger partial charge < -0.3 is 0 Å². The Kier molecular flexibility index (Phi) is 3.72. The summed E-state index contributed by atoms with van der Waals surface area (Å²) in [6.07, 6.45) is 3.92. The highest BCUT2D eigenvalue weighted by atomic mass is 15.2. The maximum Gasteiger partial charge on any atom is 0.0419 e. The van der Waals surface area contributed by atoms with Gasteiger partial charge in [0.15, 0.2) is 0 Å². The molecule has 1 saturated carbocycles. The fourth-order valence-corrected chi connectivity index (χ4v) is 3.54. The zero-order valence-electron chi connectivity index (χ0n) is 12.8. The standard InChI is InChI=1S/C16H27N3/c1-6-11-7-8-12(18-10-11)9-13(19-17)14-15(2,3)16(14,4)5/h7-8,10,13-14,19H,6,9,17H2,1-5H3. The second-order valence-corrected chi connectivity index (χ2v) is 6.91. The van der Waals surface area contributed by atoms with Crippen LogP contribution in [0.25, 0.3) is 0 Å². The summed E-state index contributed by atoms with van der Waals surface area (Å²) >= 11 is 0. The first-order chi connectivity index (χ1) is 8.84. The number of pyridine rings is 1. The highest BCUT2D eigenvalue weighted by molar-refractivity contribution is 5.20. The van der Waals surface area contributed by atoms with Gasteiger partial charge in [-0.25, -0.2) is 0 Å². The smallest absolute Gasteiger partial charge is 0.0419 e. The lowest BCUT2D eigenvalue weighted by molar-refractivity contribution is 0.399. The Morgan fingerprint density at radius 2 is 1.89 bits per heavy atom. The molecule has 0 aromatic carbocycles. The summed E-state index contributed by atoms with van der Waals surface area (Å²) in [5, 5.41) is 0. The first-order valence-electron chi connectivity index (χ1n) is 7.24. The molecule has 2 rings (SSSR count). The highest BCUT2D eigenvalue weighted by Gasteiger charge is 2.66. The van der Waals surface area contributed by atoms with Crippen molar-refractivity contribution in [3.63, 3.8) is 0 Å². The Morgan fingerprint density at radius 3 is 2.26 bits per heavy atom. The average Bonchev–Trinajstić information content (AvgIpc) is 2.78. The number of aryl methyl sites for hydroxylation is 1. The zero-order valence-corrected chi connectivity index (χ0v) is 12.8. The molecule has 106 valence electrons. The van der Waals surface area contributed by atoms with E-state index in [0.29, 0.717) is 22.8 Å². The van der Waals surface area contributed by atoms with E-state index in [2.05, 4.69) is 57.2 Å². The molecule has 1 unspecified atom stereocenters. The zero-order chi connectivity index (χ0) is 14.3. The maximum absolute atomic E-state index is 5.78. The number of nitrogens with one attached hydrogen (secondary N) is 1. The van der Waals surface area contributed by atoms with Crippen LogP contribution in [-0.4, -0.2) is 11.0 Å². The summed E-state index contributed by atoms with van der Waals surface area (Å²) in [5.74, 6) is 6.38. The van der Waals surface area contributed by atoms with Crippen LogP contribution in [0.1, 0.15) is 45.9 Å². The number of hydrazine groups is 1. The molecular weight excluding hydrogens is 234 g/mol. The van der Waals surface area contributed by atoms with E-state index >= 15 is 0 Å². The molecule has 1 aromatic heterocycles. The van der Waals surface area contributed by atoms with E-state index in [4.69, 9.17) is 5.84 Å². The SMILES string of the molecule is CCc1ccc(CC(NN)C2C(C)(C)C2(C)C)nc1. The minimum atomic E-state index is 0.296. The Hall–Kier alpha value is -0.930. The van der Waals surface area contributed by atoms with E-state index in [9.17, 15) is 0 Å². The summed E-state index contributed by atoms with van der Waals surface area (Å²) in [4.78, 5) is 4.55. The van der Waals surface area contributed by atoms with Crippen molar-refractivity contribution in [2.75, 3.05) is 0 Å². The molecule has 3 heteroatoms. The Balaban J connectivity index is 2.08. The van der Waals surface area contributed by atoms with Crippen molar-refractivity contribution >= 4 is 0 Å². The van der Waals surface area contributed by atoms with Gasteiger partial charge in [0.25, 0.3) is 0 Å². The van der Waals surface area contributed by atoms with Gasteiger partial charge in [0, 0.05) is 24.4 Å². The summed E-state index contributed by atoms with van der Waals surface area (Å²) in [7, 11) is 0. The monoisotopic (exact) mass is 261 g/mol. The summed E-state index contributed by atoms with van der Waals surface area (Å²) in [5.41, 5.74) is 6.10. The Labute approximate surface area is 117 Å². The third-order valence-electron chi connectivity index (χ3n) is 5.47. The Bertz CT molecular complexity index is 420. The predicted molar refractivity (Wildman–Crippen MR) is 79.5 cm³/mol. The van der Waals surface area contributed by atoms with Crippen LogP contribution < -0.4 is 11.3 Å². The molecule has 0 amide bonds. The molecule has 0 saturated heterocycles. The Morgan fingerprint density at radius 1 is 1.26 bits per heavy atom. The van der Waals surface area contributed by atoms with Crippen LogP contribution in [0.15, 0.2) is 18.3 Å². The number of nitrogens with zero attached hydrogens (tertiary/aromatic N) is 1. The molecule has 1 aromatic rings. The molecule has 1 aliphatic rings. The third kappa shape index (κ3) is 2.41. The van der Waals surface area contributed by atoms with E-state index in [1.165, 1.54) is 5.56 Å². The molecule has 3 N–H and O–H groups in total. The second kappa shape index (κ2) is 4.88. The van der Waals surface area contributed by atoms with Crippen molar-refractivity contribution < 1.29 is 0 Å². The molecule has 3 nitrogen and oxygen atoms in total. The third-order valence-corrected chi connectivity index (χ3v) is 5.47. The van der Waals surface area contributed by atoms with Gasteiger partial charge >= 0.3 is 0 Å². The number of aromatic nitrogens is 1. The average molecular weight is 261 g/mol. The van der Waals surface area contributed by atoms with Gasteiger partial charge in [-0.05, 0) is 34.8 Å². The van der Waals surface area contributed by atoms with Gasteiger partial charge in [-0.2, -0.15) is 0 Å². The minimum Gasteiger partial charge on any atom is -0.271 e. The lowest BCUT2D eigenvalue weighted by atomic mass is 9.99. The van der Waals surface area contributed by atoms with Crippen molar-refractivity contribution in [3.05, 3.63) is 29.6 Å². The van der Waals surface area contributed by atoms with Gasteiger partial charge in [0.05, 0.1) is 0 Å². The molecule has 0 bridgehead atoms.